The van der Waals surface area contributed by atoms with Crippen molar-refractivity contribution in [1.29, 1.82) is 0 Å². The molecule has 1 saturated heterocycles. The summed E-state index contributed by atoms with van der Waals surface area (Å²) in [6.07, 6.45) is 1.98. The topological polar surface area (TPSA) is 40.9 Å². The number of carbonyl (C=O) groups is 1. The first kappa shape index (κ1) is 21.8. The standard InChI is InChI=1S/C29H26N4OS/c34-28(26-21-35-29-30-25(20-33(26)29)22-10-4-1-5-11-22)32-18-16-31(17-19-32)27(23-12-6-2-7-13-23)24-14-8-3-9-15-24/h1-15,20-21,27H,16-19H2. The second kappa shape index (κ2) is 9.49. The number of rotatable bonds is 5. The molecular formula is C29H26N4OS. The average molecular weight is 479 g/mol. The van der Waals surface area contributed by atoms with E-state index in [9.17, 15) is 4.79 Å². The molecule has 0 bridgehead atoms. The van der Waals surface area contributed by atoms with Crippen molar-refractivity contribution in [2.45, 2.75) is 6.04 Å². The molecule has 0 atom stereocenters. The molecule has 5 nitrogen and oxygen atoms in total. The van der Waals surface area contributed by atoms with Crippen LogP contribution in [-0.2, 0) is 0 Å². The van der Waals surface area contributed by atoms with Crippen LogP contribution in [0.4, 0.5) is 0 Å². The molecule has 0 aliphatic carbocycles. The van der Waals surface area contributed by atoms with Crippen molar-refractivity contribution in [3.8, 4) is 11.3 Å². The normalized spacial score (nSPS) is 14.6. The number of hydrogen-bond acceptors (Lipinski definition) is 4. The highest BCUT2D eigenvalue weighted by atomic mass is 32.1. The van der Waals surface area contributed by atoms with E-state index >= 15 is 0 Å². The molecule has 2 aromatic heterocycles. The minimum Gasteiger partial charge on any atom is -0.335 e. The predicted octanol–water partition coefficient (Wildman–Crippen LogP) is 5.61. The van der Waals surface area contributed by atoms with E-state index in [1.165, 1.54) is 22.5 Å². The maximum absolute atomic E-state index is 13.5. The number of hydrogen-bond donors (Lipinski definition) is 0. The molecule has 6 heteroatoms. The van der Waals surface area contributed by atoms with Gasteiger partial charge in [-0.2, -0.15) is 0 Å². The van der Waals surface area contributed by atoms with Crippen molar-refractivity contribution in [2.24, 2.45) is 0 Å². The van der Waals surface area contributed by atoms with Crippen LogP contribution in [0, 0.1) is 0 Å². The molecule has 0 radical (unpaired) electrons. The van der Waals surface area contributed by atoms with E-state index in [2.05, 4.69) is 65.6 Å². The number of piperazine rings is 1. The minimum absolute atomic E-state index is 0.0730. The molecule has 0 unspecified atom stereocenters. The summed E-state index contributed by atoms with van der Waals surface area (Å²) >= 11 is 1.52. The zero-order chi connectivity index (χ0) is 23.6. The lowest BCUT2D eigenvalue weighted by atomic mass is 9.96. The second-order valence-corrected chi connectivity index (χ2v) is 9.65. The molecular weight excluding hydrogens is 452 g/mol. The third-order valence-corrected chi connectivity index (χ3v) is 7.53. The fraction of sp³-hybridized carbons (Fsp3) is 0.172. The molecule has 3 aromatic carbocycles. The fourth-order valence-corrected chi connectivity index (χ4v) is 5.76. The lowest BCUT2D eigenvalue weighted by molar-refractivity contribution is 0.0591. The Morgan fingerprint density at radius 2 is 1.34 bits per heavy atom. The van der Waals surface area contributed by atoms with Gasteiger partial charge in [-0.1, -0.05) is 91.0 Å². The molecule has 35 heavy (non-hydrogen) atoms. The highest BCUT2D eigenvalue weighted by molar-refractivity contribution is 7.15. The summed E-state index contributed by atoms with van der Waals surface area (Å²) in [7, 11) is 0. The summed E-state index contributed by atoms with van der Waals surface area (Å²) in [6, 6.07) is 31.6. The fourth-order valence-electron chi connectivity index (χ4n) is 4.92. The molecule has 5 aromatic rings. The summed E-state index contributed by atoms with van der Waals surface area (Å²) in [4.78, 5) is 23.6. The van der Waals surface area contributed by atoms with Crippen LogP contribution < -0.4 is 0 Å². The Balaban J connectivity index is 1.21. The number of thiazole rings is 1. The molecule has 1 amide bonds. The molecule has 0 saturated carbocycles. The molecule has 6 rings (SSSR count). The third-order valence-electron chi connectivity index (χ3n) is 6.69. The van der Waals surface area contributed by atoms with E-state index in [0.717, 1.165) is 29.3 Å². The van der Waals surface area contributed by atoms with Gasteiger partial charge in [-0.15, -0.1) is 11.3 Å². The average Bonchev–Trinajstić information content (AvgIpc) is 3.52. The molecule has 0 spiro atoms. The number of benzene rings is 3. The van der Waals surface area contributed by atoms with E-state index in [-0.39, 0.29) is 11.9 Å². The number of nitrogens with zero attached hydrogens (tertiary/aromatic N) is 4. The van der Waals surface area contributed by atoms with Crippen LogP contribution in [-0.4, -0.2) is 51.3 Å². The zero-order valence-electron chi connectivity index (χ0n) is 19.3. The van der Waals surface area contributed by atoms with E-state index < -0.39 is 0 Å². The van der Waals surface area contributed by atoms with Gasteiger partial charge in [0.15, 0.2) is 4.96 Å². The highest BCUT2D eigenvalue weighted by Crippen LogP contribution is 2.30. The Bertz CT molecular complexity index is 1380. The number of carbonyl (C=O) groups excluding carboxylic acids is 1. The van der Waals surface area contributed by atoms with Crippen molar-refractivity contribution in [3.05, 3.63) is 119 Å². The SMILES string of the molecule is O=C(c1csc2nc(-c3ccccc3)cn12)N1CCN(C(c2ccccc2)c2ccccc2)CC1. The van der Waals surface area contributed by atoms with Gasteiger partial charge in [0.2, 0.25) is 0 Å². The van der Waals surface area contributed by atoms with E-state index in [0.29, 0.717) is 18.8 Å². The maximum Gasteiger partial charge on any atom is 0.271 e. The van der Waals surface area contributed by atoms with Gasteiger partial charge >= 0.3 is 0 Å². The molecule has 1 aliphatic heterocycles. The van der Waals surface area contributed by atoms with Gasteiger partial charge in [-0.05, 0) is 11.1 Å². The first-order valence-electron chi connectivity index (χ1n) is 11.9. The summed E-state index contributed by atoms with van der Waals surface area (Å²) in [5.41, 5.74) is 5.21. The minimum atomic E-state index is 0.0730. The lowest BCUT2D eigenvalue weighted by Crippen LogP contribution is -2.50. The van der Waals surface area contributed by atoms with Crippen molar-refractivity contribution < 1.29 is 4.79 Å². The van der Waals surface area contributed by atoms with E-state index in [1.54, 1.807) is 0 Å². The Kier molecular flexibility index (Phi) is 5.90. The van der Waals surface area contributed by atoms with Gasteiger partial charge in [0.25, 0.3) is 5.91 Å². The smallest absolute Gasteiger partial charge is 0.271 e. The van der Waals surface area contributed by atoms with Crippen LogP contribution in [0.3, 0.4) is 0 Å². The Labute approximate surface area is 208 Å². The van der Waals surface area contributed by atoms with E-state index in [4.69, 9.17) is 4.98 Å². The Morgan fingerprint density at radius 1 is 0.771 bits per heavy atom. The van der Waals surface area contributed by atoms with Gasteiger partial charge in [0.1, 0.15) is 5.69 Å². The zero-order valence-corrected chi connectivity index (χ0v) is 20.1. The number of imidazole rings is 1. The van der Waals surface area contributed by atoms with E-state index in [1.807, 2.05) is 51.2 Å². The summed E-state index contributed by atoms with van der Waals surface area (Å²) in [5.74, 6) is 0.0730. The van der Waals surface area contributed by atoms with Crippen molar-refractivity contribution in [1.82, 2.24) is 19.2 Å². The molecule has 1 fully saturated rings. The van der Waals surface area contributed by atoms with Gasteiger partial charge < -0.3 is 4.90 Å². The summed E-state index contributed by atoms with van der Waals surface area (Å²) in [6.45, 7) is 3.05. The van der Waals surface area contributed by atoms with Gasteiger partial charge in [-0.25, -0.2) is 4.98 Å². The Morgan fingerprint density at radius 3 is 1.94 bits per heavy atom. The number of fused-ring (bicyclic) bond motifs is 1. The van der Waals surface area contributed by atoms with Gasteiger partial charge in [0, 0.05) is 43.3 Å². The van der Waals surface area contributed by atoms with Crippen LogP contribution in [0.1, 0.15) is 27.7 Å². The highest BCUT2D eigenvalue weighted by Gasteiger charge is 2.29. The monoisotopic (exact) mass is 478 g/mol. The van der Waals surface area contributed by atoms with Gasteiger partial charge in [0.05, 0.1) is 11.7 Å². The van der Waals surface area contributed by atoms with Crippen LogP contribution >= 0.6 is 11.3 Å². The van der Waals surface area contributed by atoms with Crippen molar-refractivity contribution in [3.63, 3.8) is 0 Å². The quantitative estimate of drug-likeness (QED) is 0.330. The predicted molar refractivity (Wildman–Crippen MR) is 141 cm³/mol. The van der Waals surface area contributed by atoms with Crippen LogP contribution in [0.25, 0.3) is 16.2 Å². The lowest BCUT2D eigenvalue weighted by Gasteiger charge is -2.39. The number of amides is 1. The number of aromatic nitrogens is 2. The first-order valence-corrected chi connectivity index (χ1v) is 12.8. The molecule has 1 aliphatic rings. The maximum atomic E-state index is 13.5. The largest absolute Gasteiger partial charge is 0.335 e. The van der Waals surface area contributed by atoms with Crippen molar-refractivity contribution in [2.75, 3.05) is 26.2 Å². The van der Waals surface area contributed by atoms with Crippen LogP contribution in [0.2, 0.25) is 0 Å². The first-order chi connectivity index (χ1) is 17.3. The third kappa shape index (κ3) is 4.27. The van der Waals surface area contributed by atoms with Crippen LogP contribution in [0.15, 0.2) is 103 Å². The van der Waals surface area contributed by atoms with Crippen LogP contribution in [0.5, 0.6) is 0 Å². The van der Waals surface area contributed by atoms with Gasteiger partial charge in [-0.3, -0.25) is 14.1 Å². The summed E-state index contributed by atoms with van der Waals surface area (Å²) in [5, 5.41) is 1.93. The molecule has 174 valence electrons. The summed E-state index contributed by atoms with van der Waals surface area (Å²) < 4.78 is 1.94. The van der Waals surface area contributed by atoms with Crippen molar-refractivity contribution >= 4 is 22.2 Å². The molecule has 3 heterocycles. The Hall–Kier alpha value is -3.74. The molecule has 0 N–H and O–H groups in total. The second-order valence-electron chi connectivity index (χ2n) is 8.82.